The van der Waals surface area contributed by atoms with Gasteiger partial charge in [0.1, 0.15) is 10.7 Å². The van der Waals surface area contributed by atoms with Gasteiger partial charge in [-0.3, -0.25) is 14.6 Å². The zero-order valence-electron chi connectivity index (χ0n) is 15.3. The lowest BCUT2D eigenvalue weighted by atomic mass is 10.0. The number of amides is 2. The van der Waals surface area contributed by atoms with Gasteiger partial charge in [-0.2, -0.15) is 0 Å². The molecule has 2 heterocycles. The fourth-order valence-electron chi connectivity index (χ4n) is 3.37. The van der Waals surface area contributed by atoms with Gasteiger partial charge in [0, 0.05) is 23.0 Å². The molecule has 3 aromatic rings. The van der Waals surface area contributed by atoms with Gasteiger partial charge in [0.25, 0.3) is 11.8 Å². The average molecular weight is 392 g/mol. The minimum atomic E-state index is -0.363. The maximum Gasteiger partial charge on any atom is 0.276 e. The molecule has 0 bridgehead atoms. The highest BCUT2D eigenvalue weighted by molar-refractivity contribution is 7.17. The highest BCUT2D eigenvalue weighted by atomic mass is 32.1. The first-order valence-corrected chi connectivity index (χ1v) is 10.1. The highest BCUT2D eigenvalue weighted by Crippen LogP contribution is 2.38. The number of para-hydroxylation sites is 1. The van der Waals surface area contributed by atoms with E-state index in [4.69, 9.17) is 0 Å². The third-order valence-electron chi connectivity index (χ3n) is 4.70. The van der Waals surface area contributed by atoms with Gasteiger partial charge in [-0.15, -0.1) is 11.3 Å². The second kappa shape index (κ2) is 8.31. The predicted octanol–water partition coefficient (Wildman–Crippen LogP) is 4.31. The third-order valence-corrected chi connectivity index (χ3v) is 5.91. The van der Waals surface area contributed by atoms with E-state index in [1.54, 1.807) is 0 Å². The Morgan fingerprint density at radius 3 is 2.54 bits per heavy atom. The third kappa shape index (κ3) is 3.94. The number of thiophene rings is 1. The lowest BCUT2D eigenvalue weighted by Gasteiger charge is -2.10. The Morgan fingerprint density at radius 2 is 1.75 bits per heavy atom. The topological polar surface area (TPSA) is 84.0 Å². The van der Waals surface area contributed by atoms with Crippen molar-refractivity contribution in [2.45, 2.75) is 32.1 Å². The number of aromatic nitrogens is 2. The molecule has 0 saturated carbocycles. The SMILES string of the molecule is O=C(Nc1sc2c(c1C(=O)Nc1ccccc1)CCCCC2)c1cnccn1. The van der Waals surface area contributed by atoms with Crippen molar-refractivity contribution in [3.05, 3.63) is 70.6 Å². The number of nitrogens with zero attached hydrogens (tertiary/aromatic N) is 2. The molecule has 0 fully saturated rings. The van der Waals surface area contributed by atoms with Crippen LogP contribution >= 0.6 is 11.3 Å². The van der Waals surface area contributed by atoms with Crippen molar-refractivity contribution in [1.82, 2.24) is 9.97 Å². The number of hydrogen-bond donors (Lipinski definition) is 2. The minimum Gasteiger partial charge on any atom is -0.322 e. The summed E-state index contributed by atoms with van der Waals surface area (Å²) in [7, 11) is 0. The quantitative estimate of drug-likeness (QED) is 0.648. The number of aryl methyl sites for hydroxylation is 1. The predicted molar refractivity (Wildman–Crippen MR) is 110 cm³/mol. The van der Waals surface area contributed by atoms with Gasteiger partial charge in [0.05, 0.1) is 11.8 Å². The maximum absolute atomic E-state index is 13.1. The van der Waals surface area contributed by atoms with Crippen LogP contribution in [0, 0.1) is 0 Å². The van der Waals surface area contributed by atoms with Gasteiger partial charge in [-0.1, -0.05) is 24.6 Å². The smallest absolute Gasteiger partial charge is 0.276 e. The monoisotopic (exact) mass is 392 g/mol. The number of rotatable bonds is 4. The summed E-state index contributed by atoms with van der Waals surface area (Å²) in [4.78, 5) is 34.9. The van der Waals surface area contributed by atoms with Gasteiger partial charge >= 0.3 is 0 Å². The Morgan fingerprint density at radius 1 is 0.929 bits per heavy atom. The summed E-state index contributed by atoms with van der Waals surface area (Å²) in [6.07, 6.45) is 9.50. The van der Waals surface area contributed by atoms with Crippen LogP contribution in [0.4, 0.5) is 10.7 Å². The summed E-state index contributed by atoms with van der Waals surface area (Å²) >= 11 is 1.50. The molecule has 1 aromatic carbocycles. The molecule has 2 aromatic heterocycles. The minimum absolute atomic E-state index is 0.194. The van der Waals surface area contributed by atoms with E-state index in [9.17, 15) is 9.59 Å². The van der Waals surface area contributed by atoms with Crippen molar-refractivity contribution >= 4 is 33.8 Å². The second-order valence-electron chi connectivity index (χ2n) is 6.63. The number of benzene rings is 1. The second-order valence-corrected chi connectivity index (χ2v) is 7.74. The molecular weight excluding hydrogens is 372 g/mol. The molecule has 0 unspecified atom stereocenters. The van der Waals surface area contributed by atoms with Crippen molar-refractivity contribution < 1.29 is 9.59 Å². The molecule has 0 saturated heterocycles. The zero-order valence-corrected chi connectivity index (χ0v) is 16.1. The van der Waals surface area contributed by atoms with E-state index in [0.29, 0.717) is 10.6 Å². The molecule has 0 radical (unpaired) electrons. The Balaban J connectivity index is 1.67. The summed E-state index contributed by atoms with van der Waals surface area (Å²) in [6, 6.07) is 9.35. The highest BCUT2D eigenvalue weighted by Gasteiger charge is 2.26. The van der Waals surface area contributed by atoms with E-state index in [1.807, 2.05) is 30.3 Å². The molecule has 1 aliphatic rings. The van der Waals surface area contributed by atoms with Crippen LogP contribution in [-0.2, 0) is 12.8 Å². The average Bonchev–Trinajstić information content (AvgIpc) is 2.90. The maximum atomic E-state index is 13.1. The van der Waals surface area contributed by atoms with E-state index < -0.39 is 0 Å². The molecule has 7 heteroatoms. The molecular formula is C21H20N4O2S. The number of anilines is 2. The molecule has 1 aliphatic carbocycles. The summed E-state index contributed by atoms with van der Waals surface area (Å²) in [5.74, 6) is -0.557. The zero-order chi connectivity index (χ0) is 19.3. The Labute approximate surface area is 167 Å². The number of nitrogens with one attached hydrogen (secondary N) is 2. The normalized spacial score (nSPS) is 13.3. The first-order valence-electron chi connectivity index (χ1n) is 9.30. The summed E-state index contributed by atoms with van der Waals surface area (Å²) in [6.45, 7) is 0. The van der Waals surface area contributed by atoms with Crippen LogP contribution in [0.2, 0.25) is 0 Å². The molecule has 0 aliphatic heterocycles. The standard InChI is InChI=1S/C21H20N4O2S/c26-19(16-13-22-11-12-23-16)25-21-18(15-9-5-2-6-10-17(15)28-21)20(27)24-14-7-3-1-4-8-14/h1,3-4,7-8,11-13H,2,5-6,9-10H2,(H,24,27)(H,25,26). The Kier molecular flexibility index (Phi) is 5.43. The molecule has 142 valence electrons. The summed E-state index contributed by atoms with van der Waals surface area (Å²) in [5, 5.41) is 6.42. The lowest BCUT2D eigenvalue weighted by molar-refractivity contribution is 0.102. The molecule has 2 amide bonds. The number of hydrogen-bond acceptors (Lipinski definition) is 5. The number of carbonyl (C=O) groups excluding carboxylic acids is 2. The van der Waals surface area contributed by atoms with Crippen molar-refractivity contribution in [2.75, 3.05) is 10.6 Å². The number of fused-ring (bicyclic) bond motifs is 1. The van der Waals surface area contributed by atoms with Crippen LogP contribution in [0.3, 0.4) is 0 Å². The molecule has 4 rings (SSSR count). The van der Waals surface area contributed by atoms with Crippen molar-refractivity contribution in [1.29, 1.82) is 0 Å². The molecule has 0 spiro atoms. The van der Waals surface area contributed by atoms with Crippen LogP contribution < -0.4 is 10.6 Å². The van der Waals surface area contributed by atoms with Crippen molar-refractivity contribution in [3.63, 3.8) is 0 Å². The Hall–Kier alpha value is -3.06. The number of carbonyl (C=O) groups is 2. The van der Waals surface area contributed by atoms with Gasteiger partial charge in [0.15, 0.2) is 0 Å². The molecule has 28 heavy (non-hydrogen) atoms. The van der Waals surface area contributed by atoms with E-state index in [1.165, 1.54) is 34.8 Å². The lowest BCUT2D eigenvalue weighted by Crippen LogP contribution is -2.18. The molecule has 6 nitrogen and oxygen atoms in total. The van der Waals surface area contributed by atoms with Crippen molar-refractivity contribution in [2.24, 2.45) is 0 Å². The van der Waals surface area contributed by atoms with E-state index in [-0.39, 0.29) is 17.5 Å². The largest absolute Gasteiger partial charge is 0.322 e. The van der Waals surface area contributed by atoms with Gasteiger partial charge in [-0.05, 0) is 43.4 Å². The fourth-order valence-corrected chi connectivity index (χ4v) is 4.65. The first kappa shape index (κ1) is 18.3. The van der Waals surface area contributed by atoms with Crippen molar-refractivity contribution in [3.8, 4) is 0 Å². The van der Waals surface area contributed by atoms with Crippen LogP contribution in [0.1, 0.15) is 50.5 Å². The Bertz CT molecular complexity index is 986. The van der Waals surface area contributed by atoms with Crippen LogP contribution in [-0.4, -0.2) is 21.8 Å². The van der Waals surface area contributed by atoms with Gasteiger partial charge in [-0.25, -0.2) is 4.98 Å². The first-order chi connectivity index (χ1) is 13.7. The van der Waals surface area contributed by atoms with E-state index in [0.717, 1.165) is 43.4 Å². The van der Waals surface area contributed by atoms with Gasteiger partial charge < -0.3 is 10.6 Å². The fraction of sp³-hybridized carbons (Fsp3) is 0.238. The molecule has 0 atom stereocenters. The summed E-state index contributed by atoms with van der Waals surface area (Å²) in [5.41, 5.74) is 2.58. The van der Waals surface area contributed by atoms with Crippen LogP contribution in [0.5, 0.6) is 0 Å². The van der Waals surface area contributed by atoms with Crippen LogP contribution in [0.25, 0.3) is 0 Å². The summed E-state index contributed by atoms with van der Waals surface area (Å²) < 4.78 is 0. The van der Waals surface area contributed by atoms with Crippen LogP contribution in [0.15, 0.2) is 48.9 Å². The van der Waals surface area contributed by atoms with Gasteiger partial charge in [0.2, 0.25) is 0 Å². The van der Waals surface area contributed by atoms with E-state index >= 15 is 0 Å². The molecule has 2 N–H and O–H groups in total. The van der Waals surface area contributed by atoms with E-state index in [2.05, 4.69) is 20.6 Å².